The van der Waals surface area contributed by atoms with Gasteiger partial charge >= 0.3 is 0 Å². The fourth-order valence-corrected chi connectivity index (χ4v) is 2.01. The van der Waals surface area contributed by atoms with Crippen LogP contribution in [0.3, 0.4) is 0 Å². The Balaban J connectivity index is 1.50. The van der Waals surface area contributed by atoms with Gasteiger partial charge in [-0.05, 0) is 32.2 Å². The van der Waals surface area contributed by atoms with Crippen molar-refractivity contribution in [3.8, 4) is 0 Å². The molecule has 1 atom stereocenters. The monoisotopic (exact) mass is 198 g/mol. The minimum absolute atomic E-state index is 0.779. The van der Waals surface area contributed by atoms with E-state index in [9.17, 15) is 0 Å². The van der Waals surface area contributed by atoms with Crippen molar-refractivity contribution in [3.05, 3.63) is 0 Å². The molecule has 0 aromatic carbocycles. The summed E-state index contributed by atoms with van der Waals surface area (Å²) in [6.07, 6.45) is 4.03. The van der Waals surface area contributed by atoms with Crippen LogP contribution in [0, 0.1) is 5.92 Å². The molecule has 0 aromatic rings. The highest BCUT2D eigenvalue weighted by Gasteiger charge is 2.20. The highest BCUT2D eigenvalue weighted by atomic mass is 16.5. The Labute approximate surface area is 86.8 Å². The molecule has 2 fully saturated rings. The van der Waals surface area contributed by atoms with Crippen LogP contribution in [0.2, 0.25) is 0 Å². The maximum absolute atomic E-state index is 5.37. The van der Waals surface area contributed by atoms with Crippen LogP contribution < -0.4 is 5.32 Å². The maximum atomic E-state index is 5.37. The van der Waals surface area contributed by atoms with E-state index < -0.39 is 0 Å². The third-order valence-corrected chi connectivity index (χ3v) is 3.10. The van der Waals surface area contributed by atoms with Gasteiger partial charge in [0.1, 0.15) is 0 Å². The van der Waals surface area contributed by atoms with Crippen molar-refractivity contribution in [3.63, 3.8) is 0 Å². The Morgan fingerprint density at radius 2 is 2.21 bits per heavy atom. The third kappa shape index (κ3) is 3.56. The molecule has 0 aromatic heterocycles. The third-order valence-electron chi connectivity index (χ3n) is 3.10. The average molecular weight is 198 g/mol. The second-order valence-corrected chi connectivity index (χ2v) is 4.72. The Hall–Kier alpha value is -0.120. The van der Waals surface area contributed by atoms with Crippen LogP contribution in [0.25, 0.3) is 0 Å². The van der Waals surface area contributed by atoms with Gasteiger partial charge in [0.2, 0.25) is 0 Å². The summed E-state index contributed by atoms with van der Waals surface area (Å²) in [5, 5.41) is 3.54. The molecule has 2 aliphatic rings. The topological polar surface area (TPSA) is 24.5 Å². The zero-order chi connectivity index (χ0) is 9.80. The molecule has 14 heavy (non-hydrogen) atoms. The summed E-state index contributed by atoms with van der Waals surface area (Å²) < 4.78 is 5.37. The minimum Gasteiger partial charge on any atom is -0.381 e. The van der Waals surface area contributed by atoms with Gasteiger partial charge in [-0.25, -0.2) is 0 Å². The van der Waals surface area contributed by atoms with Crippen LogP contribution in [0.4, 0.5) is 0 Å². The fraction of sp³-hybridized carbons (Fsp3) is 1.00. The van der Waals surface area contributed by atoms with E-state index in [1.807, 2.05) is 0 Å². The molecule has 1 saturated carbocycles. The first-order chi connectivity index (χ1) is 6.84. The van der Waals surface area contributed by atoms with Gasteiger partial charge in [0, 0.05) is 32.3 Å². The molecular weight excluding hydrogens is 176 g/mol. The molecule has 3 heteroatoms. The normalized spacial score (nSPS) is 27.4. The first kappa shape index (κ1) is 10.4. The van der Waals surface area contributed by atoms with Crippen LogP contribution in [0.15, 0.2) is 0 Å². The van der Waals surface area contributed by atoms with Crippen LogP contribution in [-0.4, -0.2) is 50.8 Å². The number of nitrogens with one attached hydrogen (secondary N) is 1. The zero-order valence-electron chi connectivity index (χ0n) is 9.17. The number of rotatable bonds is 6. The Morgan fingerprint density at radius 1 is 1.36 bits per heavy atom. The van der Waals surface area contributed by atoms with Crippen molar-refractivity contribution in [1.29, 1.82) is 0 Å². The molecule has 3 nitrogen and oxygen atoms in total. The van der Waals surface area contributed by atoms with Gasteiger partial charge < -0.3 is 15.0 Å². The summed E-state index contributed by atoms with van der Waals surface area (Å²) in [6, 6.07) is 0.846. The molecule has 1 unspecified atom stereocenters. The van der Waals surface area contributed by atoms with Gasteiger partial charge in [-0.15, -0.1) is 0 Å². The first-order valence-electron chi connectivity index (χ1n) is 5.84. The standard InChI is InChI=1S/C11H22N2O/c1-13(6-5-12-11-2-3-11)8-10-4-7-14-9-10/h10-12H,2-9H2,1H3. The molecule has 1 saturated heterocycles. The molecule has 0 amide bonds. The first-order valence-corrected chi connectivity index (χ1v) is 5.84. The zero-order valence-corrected chi connectivity index (χ0v) is 9.17. The quantitative estimate of drug-likeness (QED) is 0.680. The molecule has 0 spiro atoms. The van der Waals surface area contributed by atoms with Crippen molar-refractivity contribution in [2.24, 2.45) is 5.92 Å². The molecule has 0 radical (unpaired) electrons. The Kier molecular flexibility index (Phi) is 3.79. The number of hydrogen-bond acceptors (Lipinski definition) is 3. The predicted molar refractivity (Wildman–Crippen MR) is 57.4 cm³/mol. The Morgan fingerprint density at radius 3 is 2.86 bits per heavy atom. The summed E-state index contributed by atoms with van der Waals surface area (Å²) in [5.41, 5.74) is 0. The molecular formula is C11H22N2O. The molecule has 1 heterocycles. The molecule has 1 aliphatic carbocycles. The molecule has 1 N–H and O–H groups in total. The molecule has 82 valence electrons. The summed E-state index contributed by atoms with van der Waals surface area (Å²) in [5.74, 6) is 0.779. The van der Waals surface area contributed by atoms with Gasteiger partial charge in [0.25, 0.3) is 0 Å². The smallest absolute Gasteiger partial charge is 0.0507 e. The van der Waals surface area contributed by atoms with Gasteiger partial charge in [-0.2, -0.15) is 0 Å². The summed E-state index contributed by atoms with van der Waals surface area (Å²) in [7, 11) is 2.22. The van der Waals surface area contributed by atoms with Crippen LogP contribution in [-0.2, 0) is 4.74 Å². The van der Waals surface area contributed by atoms with E-state index in [4.69, 9.17) is 4.74 Å². The summed E-state index contributed by atoms with van der Waals surface area (Å²) in [6.45, 7) is 5.47. The molecule has 2 rings (SSSR count). The lowest BCUT2D eigenvalue weighted by molar-refractivity contribution is 0.174. The van der Waals surface area contributed by atoms with Gasteiger partial charge in [-0.1, -0.05) is 0 Å². The number of nitrogens with zero attached hydrogens (tertiary/aromatic N) is 1. The largest absolute Gasteiger partial charge is 0.381 e. The lowest BCUT2D eigenvalue weighted by Crippen LogP contribution is -2.33. The second-order valence-electron chi connectivity index (χ2n) is 4.72. The lowest BCUT2D eigenvalue weighted by atomic mass is 10.1. The van der Waals surface area contributed by atoms with Gasteiger partial charge in [-0.3, -0.25) is 0 Å². The number of hydrogen-bond donors (Lipinski definition) is 1. The van der Waals surface area contributed by atoms with Crippen molar-refractivity contribution < 1.29 is 4.74 Å². The van der Waals surface area contributed by atoms with Crippen molar-refractivity contribution >= 4 is 0 Å². The lowest BCUT2D eigenvalue weighted by Gasteiger charge is -2.19. The number of ether oxygens (including phenoxy) is 1. The highest BCUT2D eigenvalue weighted by molar-refractivity contribution is 4.81. The van der Waals surface area contributed by atoms with E-state index in [2.05, 4.69) is 17.3 Å². The maximum Gasteiger partial charge on any atom is 0.0507 e. The van der Waals surface area contributed by atoms with E-state index in [1.165, 1.54) is 32.4 Å². The van der Waals surface area contributed by atoms with E-state index in [1.54, 1.807) is 0 Å². The van der Waals surface area contributed by atoms with Gasteiger partial charge in [0.05, 0.1) is 6.61 Å². The van der Waals surface area contributed by atoms with Crippen molar-refractivity contribution in [1.82, 2.24) is 10.2 Å². The fourth-order valence-electron chi connectivity index (χ4n) is 2.01. The van der Waals surface area contributed by atoms with Crippen LogP contribution in [0.5, 0.6) is 0 Å². The molecule has 1 aliphatic heterocycles. The van der Waals surface area contributed by atoms with Crippen LogP contribution >= 0.6 is 0 Å². The summed E-state index contributed by atoms with van der Waals surface area (Å²) >= 11 is 0. The van der Waals surface area contributed by atoms with Crippen molar-refractivity contribution in [2.75, 3.05) is 39.9 Å². The second kappa shape index (κ2) is 5.10. The van der Waals surface area contributed by atoms with E-state index in [-0.39, 0.29) is 0 Å². The van der Waals surface area contributed by atoms with E-state index >= 15 is 0 Å². The van der Waals surface area contributed by atoms with E-state index in [0.717, 1.165) is 31.7 Å². The van der Waals surface area contributed by atoms with Crippen LogP contribution in [0.1, 0.15) is 19.3 Å². The minimum atomic E-state index is 0.779. The SMILES string of the molecule is CN(CCNC1CC1)CC1CCOC1. The summed E-state index contributed by atoms with van der Waals surface area (Å²) in [4.78, 5) is 2.43. The van der Waals surface area contributed by atoms with Crippen molar-refractivity contribution in [2.45, 2.75) is 25.3 Å². The van der Waals surface area contributed by atoms with E-state index in [0.29, 0.717) is 0 Å². The van der Waals surface area contributed by atoms with Gasteiger partial charge in [0.15, 0.2) is 0 Å². The predicted octanol–water partition coefficient (Wildman–Crippen LogP) is 0.707. The Bertz CT molecular complexity index is 165. The molecule has 0 bridgehead atoms. The highest BCUT2D eigenvalue weighted by Crippen LogP contribution is 2.18. The number of likely N-dealkylation sites (N-methyl/N-ethyl adjacent to an activating group) is 1. The average Bonchev–Trinajstić information content (AvgIpc) is 2.83.